The second-order valence-corrected chi connectivity index (χ2v) is 8.59. The normalized spacial score (nSPS) is 14.8. The average Bonchev–Trinajstić information content (AvgIpc) is 3.52. The highest BCUT2D eigenvalue weighted by Gasteiger charge is 2.34. The van der Waals surface area contributed by atoms with Crippen molar-refractivity contribution < 1.29 is 14.0 Å². The number of nitrogens with one attached hydrogen (secondary N) is 1. The molecule has 1 N–H and O–H groups in total. The molecule has 2 aromatic carbocycles. The topological polar surface area (TPSA) is 62.6 Å². The smallest absolute Gasteiger partial charge is 0.290 e. The van der Waals surface area contributed by atoms with E-state index in [0.717, 1.165) is 36.8 Å². The van der Waals surface area contributed by atoms with E-state index in [0.29, 0.717) is 18.0 Å². The number of hydrogen-bond donors (Lipinski definition) is 1. The van der Waals surface area contributed by atoms with Gasteiger partial charge in [0, 0.05) is 17.6 Å². The Morgan fingerprint density at radius 3 is 2.38 bits per heavy atom. The van der Waals surface area contributed by atoms with E-state index in [1.165, 1.54) is 6.26 Å². The fourth-order valence-electron chi connectivity index (χ4n) is 4.25. The van der Waals surface area contributed by atoms with Crippen LogP contribution in [-0.2, 0) is 11.2 Å². The quantitative estimate of drug-likeness (QED) is 0.498. The lowest BCUT2D eigenvalue weighted by molar-refractivity contribution is -0.126. The number of rotatable bonds is 8. The number of halogens is 1. The van der Waals surface area contributed by atoms with Crippen molar-refractivity contribution in [2.45, 2.75) is 44.2 Å². The van der Waals surface area contributed by atoms with Gasteiger partial charge in [0.1, 0.15) is 6.04 Å². The van der Waals surface area contributed by atoms with Crippen molar-refractivity contribution in [3.63, 3.8) is 0 Å². The summed E-state index contributed by atoms with van der Waals surface area (Å²) < 4.78 is 5.40. The molecule has 32 heavy (non-hydrogen) atoms. The van der Waals surface area contributed by atoms with E-state index in [9.17, 15) is 9.59 Å². The zero-order valence-corrected chi connectivity index (χ0v) is 18.6. The average molecular weight is 451 g/mol. The van der Waals surface area contributed by atoms with E-state index in [1.807, 2.05) is 42.5 Å². The Balaban J connectivity index is 1.67. The molecular formula is C26H27ClN2O3. The van der Waals surface area contributed by atoms with Gasteiger partial charge in [-0.2, -0.15) is 0 Å². The molecule has 1 heterocycles. The maximum absolute atomic E-state index is 13.5. The molecule has 4 rings (SSSR count). The molecule has 0 bridgehead atoms. The molecule has 2 amide bonds. The van der Waals surface area contributed by atoms with Crippen LogP contribution in [0.25, 0.3) is 0 Å². The highest BCUT2D eigenvalue weighted by atomic mass is 35.5. The SMILES string of the molecule is O=C(NC1CCCC1)C(c1ccc(Cl)cc1)N(CCc1ccccc1)C(=O)c1ccco1. The summed E-state index contributed by atoms with van der Waals surface area (Å²) in [5.41, 5.74) is 1.81. The molecule has 1 saturated carbocycles. The maximum atomic E-state index is 13.5. The van der Waals surface area contributed by atoms with Gasteiger partial charge >= 0.3 is 0 Å². The monoisotopic (exact) mass is 450 g/mol. The maximum Gasteiger partial charge on any atom is 0.290 e. The van der Waals surface area contributed by atoms with Gasteiger partial charge in [-0.3, -0.25) is 9.59 Å². The molecule has 0 spiro atoms. The minimum Gasteiger partial charge on any atom is -0.459 e. The summed E-state index contributed by atoms with van der Waals surface area (Å²) in [7, 11) is 0. The number of carbonyl (C=O) groups excluding carboxylic acids is 2. The highest BCUT2D eigenvalue weighted by Crippen LogP contribution is 2.27. The van der Waals surface area contributed by atoms with Gasteiger partial charge in [-0.1, -0.05) is 66.9 Å². The first-order valence-corrected chi connectivity index (χ1v) is 11.4. The summed E-state index contributed by atoms with van der Waals surface area (Å²) in [5, 5.41) is 3.75. The molecule has 3 aromatic rings. The van der Waals surface area contributed by atoms with E-state index in [4.69, 9.17) is 16.0 Å². The molecule has 1 unspecified atom stereocenters. The Morgan fingerprint density at radius 2 is 1.72 bits per heavy atom. The summed E-state index contributed by atoms with van der Waals surface area (Å²) >= 11 is 6.10. The van der Waals surface area contributed by atoms with Crippen LogP contribution in [0.2, 0.25) is 5.02 Å². The number of furan rings is 1. The molecular weight excluding hydrogens is 424 g/mol. The fraction of sp³-hybridized carbons (Fsp3) is 0.308. The van der Waals surface area contributed by atoms with Crippen molar-refractivity contribution in [3.8, 4) is 0 Å². The van der Waals surface area contributed by atoms with Gasteiger partial charge in [0.05, 0.1) is 6.26 Å². The zero-order valence-electron chi connectivity index (χ0n) is 17.9. The van der Waals surface area contributed by atoms with Gasteiger partial charge in [-0.15, -0.1) is 0 Å². The fourth-order valence-corrected chi connectivity index (χ4v) is 4.38. The molecule has 0 saturated heterocycles. The number of amides is 2. The Hall–Kier alpha value is -3.05. The molecule has 1 aliphatic rings. The minimum absolute atomic E-state index is 0.145. The lowest BCUT2D eigenvalue weighted by Gasteiger charge is -2.32. The standard InChI is InChI=1S/C26H27ClN2O3/c27-21-14-12-20(13-15-21)24(25(30)28-22-9-4-5-10-22)29(26(31)23-11-6-18-32-23)17-16-19-7-2-1-3-8-19/h1-3,6-8,11-15,18,22,24H,4-5,9-10,16-17H2,(H,28,30). The summed E-state index contributed by atoms with van der Waals surface area (Å²) in [5.74, 6) is -0.273. The molecule has 1 fully saturated rings. The third-order valence-electron chi connectivity index (χ3n) is 5.92. The van der Waals surface area contributed by atoms with Crippen LogP contribution in [0.15, 0.2) is 77.4 Å². The number of nitrogens with zero attached hydrogens (tertiary/aromatic N) is 1. The van der Waals surface area contributed by atoms with Gasteiger partial charge in [-0.25, -0.2) is 0 Å². The lowest BCUT2D eigenvalue weighted by Crippen LogP contribution is -2.46. The van der Waals surface area contributed by atoms with Crippen molar-refractivity contribution in [2.75, 3.05) is 6.54 Å². The predicted octanol–water partition coefficient (Wildman–Crippen LogP) is 5.42. The molecule has 5 nitrogen and oxygen atoms in total. The summed E-state index contributed by atoms with van der Waals surface area (Å²) in [6, 6.07) is 19.7. The second kappa shape index (κ2) is 10.5. The largest absolute Gasteiger partial charge is 0.459 e. The third kappa shape index (κ3) is 5.40. The summed E-state index contributed by atoms with van der Waals surface area (Å²) in [6.07, 6.45) is 6.25. The van der Waals surface area contributed by atoms with Crippen molar-refractivity contribution >= 4 is 23.4 Å². The van der Waals surface area contributed by atoms with E-state index < -0.39 is 6.04 Å². The third-order valence-corrected chi connectivity index (χ3v) is 6.18. The molecule has 0 radical (unpaired) electrons. The molecule has 0 aliphatic heterocycles. The molecule has 1 aliphatic carbocycles. The lowest BCUT2D eigenvalue weighted by atomic mass is 10.0. The Morgan fingerprint density at radius 1 is 1.00 bits per heavy atom. The molecule has 6 heteroatoms. The highest BCUT2D eigenvalue weighted by molar-refractivity contribution is 6.30. The van der Waals surface area contributed by atoms with E-state index in [2.05, 4.69) is 5.32 Å². The Labute approximate surface area is 193 Å². The van der Waals surface area contributed by atoms with Gasteiger partial charge < -0.3 is 14.6 Å². The van der Waals surface area contributed by atoms with E-state index in [-0.39, 0.29) is 23.6 Å². The van der Waals surface area contributed by atoms with Crippen molar-refractivity contribution in [2.24, 2.45) is 0 Å². The number of carbonyl (C=O) groups is 2. The van der Waals surface area contributed by atoms with Crippen LogP contribution in [-0.4, -0.2) is 29.3 Å². The molecule has 1 aromatic heterocycles. The van der Waals surface area contributed by atoms with Crippen molar-refractivity contribution in [3.05, 3.63) is 94.9 Å². The van der Waals surface area contributed by atoms with Crippen LogP contribution >= 0.6 is 11.6 Å². The van der Waals surface area contributed by atoms with E-state index in [1.54, 1.807) is 29.2 Å². The van der Waals surface area contributed by atoms with Crippen molar-refractivity contribution in [1.82, 2.24) is 10.2 Å². The van der Waals surface area contributed by atoms with Crippen LogP contribution in [0.4, 0.5) is 0 Å². The van der Waals surface area contributed by atoms with Crippen molar-refractivity contribution in [1.29, 1.82) is 0 Å². The first-order valence-electron chi connectivity index (χ1n) is 11.1. The van der Waals surface area contributed by atoms with E-state index >= 15 is 0 Å². The first kappa shape index (κ1) is 22.2. The molecule has 1 atom stereocenters. The van der Waals surface area contributed by atoms with Gasteiger partial charge in [0.15, 0.2) is 5.76 Å². The van der Waals surface area contributed by atoms with Gasteiger partial charge in [0.25, 0.3) is 5.91 Å². The van der Waals surface area contributed by atoms with Gasteiger partial charge in [-0.05, 0) is 54.7 Å². The van der Waals surface area contributed by atoms with Crippen LogP contribution in [0.3, 0.4) is 0 Å². The summed E-state index contributed by atoms with van der Waals surface area (Å²) in [4.78, 5) is 28.6. The zero-order chi connectivity index (χ0) is 22.3. The van der Waals surface area contributed by atoms with Crippen LogP contribution in [0.1, 0.15) is 53.4 Å². The van der Waals surface area contributed by atoms with Crippen LogP contribution in [0.5, 0.6) is 0 Å². The minimum atomic E-state index is -0.783. The predicted molar refractivity (Wildman–Crippen MR) is 124 cm³/mol. The number of benzene rings is 2. The first-order chi connectivity index (χ1) is 15.6. The van der Waals surface area contributed by atoms with Crippen LogP contribution < -0.4 is 5.32 Å². The second-order valence-electron chi connectivity index (χ2n) is 8.16. The number of hydrogen-bond acceptors (Lipinski definition) is 3. The Bertz CT molecular complexity index is 1010. The van der Waals surface area contributed by atoms with Crippen LogP contribution in [0, 0.1) is 0 Å². The summed E-state index contributed by atoms with van der Waals surface area (Å²) in [6.45, 7) is 0.370. The van der Waals surface area contributed by atoms with Gasteiger partial charge in [0.2, 0.25) is 5.91 Å². The Kier molecular flexibility index (Phi) is 7.28. The molecule has 166 valence electrons.